The number of cyclic esters (lactones) is 1. The van der Waals surface area contributed by atoms with Crippen LogP contribution in [-0.4, -0.2) is 18.5 Å². The zero-order valence-electron chi connectivity index (χ0n) is 11.2. The molecule has 0 N–H and O–H groups in total. The molecular weight excluding hydrogens is 258 g/mol. The van der Waals surface area contributed by atoms with E-state index in [1.54, 1.807) is 12.1 Å². The molecule has 1 aromatic rings. The fourth-order valence-electron chi connectivity index (χ4n) is 2.03. The van der Waals surface area contributed by atoms with Crippen LogP contribution in [0.25, 0.3) is 0 Å². The van der Waals surface area contributed by atoms with Crippen molar-refractivity contribution in [3.05, 3.63) is 34.9 Å². The molecule has 1 unspecified atom stereocenters. The number of fused-ring (bicyclic) bond motifs is 1. The zero-order chi connectivity index (χ0) is 14.5. The van der Waals surface area contributed by atoms with Crippen LogP contribution in [0.1, 0.15) is 53.8 Å². The quantitative estimate of drug-likeness (QED) is 0.608. The number of hydrogen-bond donors (Lipinski definition) is 0. The van der Waals surface area contributed by atoms with E-state index in [0.29, 0.717) is 23.3 Å². The molecule has 1 heterocycles. The average molecular weight is 273 g/mol. The van der Waals surface area contributed by atoms with Crippen LogP contribution in [0.15, 0.2) is 18.2 Å². The molecule has 1 atom stereocenters. The first kappa shape index (κ1) is 14.1. The molecule has 1 aliphatic rings. The second-order valence-electron chi connectivity index (χ2n) is 4.59. The van der Waals surface area contributed by atoms with Gasteiger partial charge >= 0.3 is 11.9 Å². The lowest BCUT2D eigenvalue weighted by Crippen LogP contribution is -2.11. The predicted molar refractivity (Wildman–Crippen MR) is 69.8 cm³/mol. The largest absolute Gasteiger partial charge is 0.466 e. The third kappa shape index (κ3) is 2.97. The highest BCUT2D eigenvalue weighted by atomic mass is 16.6. The van der Waals surface area contributed by atoms with Crippen LogP contribution < -0.4 is 0 Å². The SMILES string of the molecule is CCCCOC(=O)CC1OC(=O)c2cc(C#N)ccc21. The van der Waals surface area contributed by atoms with Crippen LogP contribution in [0.3, 0.4) is 0 Å². The first-order chi connectivity index (χ1) is 9.65. The summed E-state index contributed by atoms with van der Waals surface area (Å²) >= 11 is 0. The van der Waals surface area contributed by atoms with Gasteiger partial charge in [0.15, 0.2) is 0 Å². The van der Waals surface area contributed by atoms with Gasteiger partial charge in [0.05, 0.1) is 30.2 Å². The summed E-state index contributed by atoms with van der Waals surface area (Å²) in [4.78, 5) is 23.3. The third-order valence-electron chi connectivity index (χ3n) is 3.11. The highest BCUT2D eigenvalue weighted by Gasteiger charge is 2.33. The Balaban J connectivity index is 2.05. The summed E-state index contributed by atoms with van der Waals surface area (Å²) in [5, 5.41) is 8.81. The van der Waals surface area contributed by atoms with E-state index in [2.05, 4.69) is 0 Å². The molecule has 0 radical (unpaired) electrons. The second-order valence-corrected chi connectivity index (χ2v) is 4.59. The topological polar surface area (TPSA) is 76.4 Å². The van der Waals surface area contributed by atoms with Crippen molar-refractivity contribution in [2.45, 2.75) is 32.3 Å². The fourth-order valence-corrected chi connectivity index (χ4v) is 2.03. The Kier molecular flexibility index (Phi) is 4.36. The molecule has 0 saturated heterocycles. The number of rotatable bonds is 5. The van der Waals surface area contributed by atoms with Crippen molar-refractivity contribution in [1.82, 2.24) is 0 Å². The molecule has 20 heavy (non-hydrogen) atoms. The lowest BCUT2D eigenvalue weighted by atomic mass is 10.0. The van der Waals surface area contributed by atoms with Gasteiger partial charge < -0.3 is 9.47 Å². The maximum Gasteiger partial charge on any atom is 0.339 e. The van der Waals surface area contributed by atoms with Gasteiger partial charge in [0.1, 0.15) is 6.10 Å². The van der Waals surface area contributed by atoms with E-state index in [4.69, 9.17) is 14.7 Å². The minimum Gasteiger partial charge on any atom is -0.466 e. The summed E-state index contributed by atoms with van der Waals surface area (Å²) in [5.41, 5.74) is 1.39. The van der Waals surface area contributed by atoms with Crippen molar-refractivity contribution < 1.29 is 19.1 Å². The zero-order valence-corrected chi connectivity index (χ0v) is 11.2. The van der Waals surface area contributed by atoms with E-state index in [-0.39, 0.29) is 12.4 Å². The molecular formula is C15H15NO4. The van der Waals surface area contributed by atoms with Crippen molar-refractivity contribution in [3.8, 4) is 6.07 Å². The number of hydrogen-bond acceptors (Lipinski definition) is 5. The Morgan fingerprint density at radius 1 is 1.50 bits per heavy atom. The Morgan fingerprint density at radius 3 is 3.00 bits per heavy atom. The van der Waals surface area contributed by atoms with E-state index in [1.165, 1.54) is 6.07 Å². The van der Waals surface area contributed by atoms with Crippen molar-refractivity contribution in [2.24, 2.45) is 0 Å². The van der Waals surface area contributed by atoms with Gasteiger partial charge in [0.2, 0.25) is 0 Å². The molecule has 5 nitrogen and oxygen atoms in total. The summed E-state index contributed by atoms with van der Waals surface area (Å²) < 4.78 is 10.2. The van der Waals surface area contributed by atoms with Gasteiger partial charge in [-0.05, 0) is 18.6 Å². The molecule has 0 amide bonds. The van der Waals surface area contributed by atoms with Crippen LogP contribution in [0.5, 0.6) is 0 Å². The molecule has 5 heteroatoms. The van der Waals surface area contributed by atoms with Gasteiger partial charge in [-0.15, -0.1) is 0 Å². The van der Waals surface area contributed by atoms with Gasteiger partial charge in [-0.3, -0.25) is 4.79 Å². The molecule has 0 aromatic heterocycles. The number of carbonyl (C=O) groups excluding carboxylic acids is 2. The summed E-state index contributed by atoms with van der Waals surface area (Å²) in [7, 11) is 0. The standard InChI is InChI=1S/C15H15NO4/c1-2-3-6-19-14(17)8-13-11-5-4-10(9-16)7-12(11)15(18)20-13/h4-5,7,13H,2-3,6,8H2,1H3. The molecule has 0 aliphatic carbocycles. The Bertz CT molecular complexity index is 574. The number of ether oxygens (including phenoxy) is 2. The predicted octanol–water partition coefficient (Wildman–Crippen LogP) is 2.50. The number of benzene rings is 1. The molecule has 0 bridgehead atoms. The van der Waals surface area contributed by atoms with Crippen LogP contribution in [0.2, 0.25) is 0 Å². The summed E-state index contributed by atoms with van der Waals surface area (Å²) in [6, 6.07) is 6.72. The molecule has 2 rings (SSSR count). The lowest BCUT2D eigenvalue weighted by Gasteiger charge is -2.10. The monoisotopic (exact) mass is 273 g/mol. The number of carbonyl (C=O) groups is 2. The Hall–Kier alpha value is -2.35. The van der Waals surface area contributed by atoms with Crippen LogP contribution in [0.4, 0.5) is 0 Å². The van der Waals surface area contributed by atoms with Gasteiger partial charge in [0, 0.05) is 5.56 Å². The number of unbranched alkanes of at least 4 members (excludes halogenated alkanes) is 1. The average Bonchev–Trinajstić information content (AvgIpc) is 2.75. The smallest absolute Gasteiger partial charge is 0.339 e. The summed E-state index contributed by atoms with van der Waals surface area (Å²) in [6.07, 6.45) is 1.16. The molecule has 1 aromatic carbocycles. The van der Waals surface area contributed by atoms with Gasteiger partial charge in [-0.1, -0.05) is 19.4 Å². The van der Waals surface area contributed by atoms with Crippen molar-refractivity contribution >= 4 is 11.9 Å². The number of esters is 2. The lowest BCUT2D eigenvalue weighted by molar-refractivity contribution is -0.145. The fraction of sp³-hybridized carbons (Fsp3) is 0.400. The van der Waals surface area contributed by atoms with Gasteiger partial charge in [-0.25, -0.2) is 4.79 Å². The Labute approximate surface area is 117 Å². The van der Waals surface area contributed by atoms with Crippen molar-refractivity contribution in [2.75, 3.05) is 6.61 Å². The first-order valence-corrected chi connectivity index (χ1v) is 6.56. The molecule has 0 spiro atoms. The highest BCUT2D eigenvalue weighted by molar-refractivity contribution is 5.95. The number of nitriles is 1. The van der Waals surface area contributed by atoms with E-state index < -0.39 is 12.1 Å². The normalized spacial score (nSPS) is 16.2. The van der Waals surface area contributed by atoms with Crippen molar-refractivity contribution in [1.29, 1.82) is 5.26 Å². The summed E-state index contributed by atoms with van der Waals surface area (Å²) in [5.74, 6) is -0.878. The van der Waals surface area contributed by atoms with E-state index in [0.717, 1.165) is 12.8 Å². The second kappa shape index (κ2) is 6.20. The molecule has 0 fully saturated rings. The first-order valence-electron chi connectivity index (χ1n) is 6.56. The molecule has 0 saturated carbocycles. The third-order valence-corrected chi connectivity index (χ3v) is 3.11. The van der Waals surface area contributed by atoms with E-state index in [1.807, 2.05) is 13.0 Å². The van der Waals surface area contributed by atoms with E-state index >= 15 is 0 Å². The van der Waals surface area contributed by atoms with Crippen molar-refractivity contribution in [3.63, 3.8) is 0 Å². The minimum absolute atomic E-state index is 0.00829. The molecule has 1 aliphatic heterocycles. The van der Waals surface area contributed by atoms with Gasteiger partial charge in [-0.2, -0.15) is 5.26 Å². The minimum atomic E-state index is -0.612. The maximum atomic E-state index is 11.7. The maximum absolute atomic E-state index is 11.7. The van der Waals surface area contributed by atoms with E-state index in [9.17, 15) is 9.59 Å². The molecule has 104 valence electrons. The van der Waals surface area contributed by atoms with Gasteiger partial charge in [0.25, 0.3) is 0 Å². The van der Waals surface area contributed by atoms with Crippen LogP contribution in [-0.2, 0) is 14.3 Å². The van der Waals surface area contributed by atoms with Crippen LogP contribution in [0, 0.1) is 11.3 Å². The highest BCUT2D eigenvalue weighted by Crippen LogP contribution is 2.33. The van der Waals surface area contributed by atoms with Crippen LogP contribution >= 0.6 is 0 Å². The summed E-state index contributed by atoms with van der Waals surface area (Å²) in [6.45, 7) is 2.39. The number of nitrogens with zero attached hydrogens (tertiary/aromatic N) is 1. The Morgan fingerprint density at radius 2 is 2.30 bits per heavy atom.